The Labute approximate surface area is 97.0 Å². The summed E-state index contributed by atoms with van der Waals surface area (Å²) in [5.74, 6) is 0.973. The van der Waals surface area contributed by atoms with Crippen LogP contribution in [0.2, 0.25) is 0 Å². The van der Waals surface area contributed by atoms with E-state index >= 15 is 0 Å². The summed E-state index contributed by atoms with van der Waals surface area (Å²) in [4.78, 5) is 9.57. The van der Waals surface area contributed by atoms with Crippen LogP contribution in [0.4, 0.5) is 0 Å². The van der Waals surface area contributed by atoms with E-state index in [0.29, 0.717) is 0 Å². The van der Waals surface area contributed by atoms with Crippen molar-refractivity contribution < 1.29 is 0 Å². The van der Waals surface area contributed by atoms with Crippen molar-refractivity contribution in [1.29, 1.82) is 0 Å². The van der Waals surface area contributed by atoms with Crippen LogP contribution in [0, 0.1) is 0 Å². The molecule has 3 nitrogen and oxygen atoms in total. The maximum absolute atomic E-state index is 4.39. The van der Waals surface area contributed by atoms with Gasteiger partial charge in [-0.2, -0.15) is 0 Å². The predicted molar refractivity (Wildman–Crippen MR) is 64.7 cm³/mol. The molecule has 0 amide bonds. The molecule has 0 aliphatic heterocycles. The van der Waals surface area contributed by atoms with Gasteiger partial charge in [0.15, 0.2) is 5.82 Å². The van der Waals surface area contributed by atoms with Crippen molar-refractivity contribution in [3.8, 4) is 16.4 Å². The molecule has 0 atom stereocenters. The van der Waals surface area contributed by atoms with Crippen molar-refractivity contribution >= 4 is 11.3 Å². The van der Waals surface area contributed by atoms with Crippen molar-refractivity contribution in [2.75, 3.05) is 0 Å². The molecule has 4 heteroatoms. The normalized spacial score (nSPS) is 10.5. The Morgan fingerprint density at radius 3 is 2.69 bits per heavy atom. The standard InChI is InChI=1S/C12H9N3S/c1-2-11(16-9-1)12-14-7-8-15(12)10-3-5-13-6-4-10/h1-9H. The third-order valence-corrected chi connectivity index (χ3v) is 3.19. The van der Waals surface area contributed by atoms with E-state index in [9.17, 15) is 0 Å². The molecule has 3 rings (SSSR count). The number of imidazole rings is 1. The molecule has 0 spiro atoms. The predicted octanol–water partition coefficient (Wildman–Crippen LogP) is 3.00. The molecule has 0 saturated heterocycles. The van der Waals surface area contributed by atoms with Gasteiger partial charge in [0.2, 0.25) is 0 Å². The zero-order chi connectivity index (χ0) is 10.8. The number of hydrogen-bond acceptors (Lipinski definition) is 3. The van der Waals surface area contributed by atoms with Gasteiger partial charge in [0, 0.05) is 24.8 Å². The minimum absolute atomic E-state index is 0.973. The summed E-state index contributed by atoms with van der Waals surface area (Å²) in [6.45, 7) is 0. The molecule has 0 aromatic carbocycles. The minimum atomic E-state index is 0.973. The summed E-state index contributed by atoms with van der Waals surface area (Å²) in [6, 6.07) is 8.05. The number of aromatic nitrogens is 3. The van der Waals surface area contributed by atoms with Gasteiger partial charge in [-0.25, -0.2) is 4.98 Å². The fraction of sp³-hybridized carbons (Fsp3) is 0. The summed E-state index contributed by atoms with van der Waals surface area (Å²) in [6.07, 6.45) is 7.35. The van der Waals surface area contributed by atoms with E-state index in [1.807, 2.05) is 30.6 Å². The van der Waals surface area contributed by atoms with Gasteiger partial charge in [-0.05, 0) is 23.6 Å². The first-order valence-electron chi connectivity index (χ1n) is 4.93. The van der Waals surface area contributed by atoms with Crippen LogP contribution in [0.1, 0.15) is 0 Å². The fourth-order valence-electron chi connectivity index (χ4n) is 1.60. The Hall–Kier alpha value is -1.94. The molecule has 0 aliphatic rings. The van der Waals surface area contributed by atoms with Gasteiger partial charge in [-0.3, -0.25) is 9.55 Å². The zero-order valence-corrected chi connectivity index (χ0v) is 9.26. The SMILES string of the molecule is c1csc(-c2nccn2-c2ccncc2)c1. The van der Waals surface area contributed by atoms with Gasteiger partial charge >= 0.3 is 0 Å². The van der Waals surface area contributed by atoms with E-state index in [4.69, 9.17) is 0 Å². The molecule has 0 aliphatic carbocycles. The highest BCUT2D eigenvalue weighted by atomic mass is 32.1. The van der Waals surface area contributed by atoms with E-state index in [-0.39, 0.29) is 0 Å². The molecule has 0 N–H and O–H groups in total. The van der Waals surface area contributed by atoms with E-state index in [1.165, 1.54) is 4.88 Å². The number of pyridine rings is 1. The van der Waals surface area contributed by atoms with Crippen LogP contribution in [-0.2, 0) is 0 Å². The second-order valence-electron chi connectivity index (χ2n) is 3.30. The summed E-state index contributed by atoms with van der Waals surface area (Å²) < 4.78 is 2.06. The maximum Gasteiger partial charge on any atom is 0.154 e. The molecule has 0 radical (unpaired) electrons. The molecule has 0 bridgehead atoms. The lowest BCUT2D eigenvalue weighted by molar-refractivity contribution is 1.06. The highest BCUT2D eigenvalue weighted by Crippen LogP contribution is 2.25. The van der Waals surface area contributed by atoms with Crippen LogP contribution in [0.15, 0.2) is 54.4 Å². The Kier molecular flexibility index (Phi) is 2.27. The Morgan fingerprint density at radius 2 is 1.94 bits per heavy atom. The number of nitrogens with zero attached hydrogens (tertiary/aromatic N) is 3. The Balaban J connectivity index is 2.14. The molecule has 0 saturated carbocycles. The summed E-state index contributed by atoms with van der Waals surface area (Å²) >= 11 is 1.69. The maximum atomic E-state index is 4.39. The van der Waals surface area contributed by atoms with Gasteiger partial charge in [-0.1, -0.05) is 6.07 Å². The first-order chi connectivity index (χ1) is 7.95. The topological polar surface area (TPSA) is 30.7 Å². The van der Waals surface area contributed by atoms with Crippen molar-refractivity contribution in [1.82, 2.24) is 14.5 Å². The third-order valence-electron chi connectivity index (χ3n) is 2.32. The fourth-order valence-corrected chi connectivity index (χ4v) is 2.32. The van der Waals surface area contributed by atoms with E-state index < -0.39 is 0 Å². The van der Waals surface area contributed by atoms with Gasteiger partial charge in [0.05, 0.1) is 10.6 Å². The van der Waals surface area contributed by atoms with Crippen LogP contribution in [0.25, 0.3) is 16.4 Å². The summed E-state index contributed by atoms with van der Waals surface area (Å²) in [7, 11) is 0. The van der Waals surface area contributed by atoms with E-state index in [1.54, 1.807) is 23.7 Å². The monoisotopic (exact) mass is 227 g/mol. The average Bonchev–Trinajstić information content (AvgIpc) is 3.01. The highest BCUT2D eigenvalue weighted by molar-refractivity contribution is 7.13. The average molecular weight is 227 g/mol. The van der Waals surface area contributed by atoms with Crippen molar-refractivity contribution in [3.05, 3.63) is 54.4 Å². The van der Waals surface area contributed by atoms with Crippen LogP contribution < -0.4 is 0 Å². The lowest BCUT2D eigenvalue weighted by atomic mass is 10.3. The van der Waals surface area contributed by atoms with Crippen molar-refractivity contribution in [2.45, 2.75) is 0 Å². The molecule has 78 valence electrons. The van der Waals surface area contributed by atoms with Gasteiger partial charge in [0.1, 0.15) is 0 Å². The van der Waals surface area contributed by atoms with E-state index in [0.717, 1.165) is 11.5 Å². The lowest BCUT2D eigenvalue weighted by Gasteiger charge is -2.05. The van der Waals surface area contributed by atoms with Crippen LogP contribution in [0.5, 0.6) is 0 Å². The van der Waals surface area contributed by atoms with Gasteiger partial charge < -0.3 is 0 Å². The summed E-state index contributed by atoms with van der Waals surface area (Å²) in [5, 5.41) is 2.06. The molecule has 3 heterocycles. The molecule has 3 aromatic rings. The highest BCUT2D eigenvalue weighted by Gasteiger charge is 2.07. The Bertz CT molecular complexity index is 569. The van der Waals surface area contributed by atoms with Crippen molar-refractivity contribution in [3.63, 3.8) is 0 Å². The molecule has 16 heavy (non-hydrogen) atoms. The minimum Gasteiger partial charge on any atom is -0.299 e. The van der Waals surface area contributed by atoms with Crippen molar-refractivity contribution in [2.24, 2.45) is 0 Å². The number of rotatable bonds is 2. The number of hydrogen-bond donors (Lipinski definition) is 0. The zero-order valence-electron chi connectivity index (χ0n) is 8.45. The lowest BCUT2D eigenvalue weighted by Crippen LogP contribution is -1.94. The second-order valence-corrected chi connectivity index (χ2v) is 4.25. The molecule has 0 fully saturated rings. The first-order valence-corrected chi connectivity index (χ1v) is 5.81. The second kappa shape index (κ2) is 3.90. The molecule has 0 unspecified atom stereocenters. The molecular formula is C12H9N3S. The number of thiophene rings is 1. The third kappa shape index (κ3) is 1.53. The molecule has 3 aromatic heterocycles. The van der Waals surface area contributed by atoms with Gasteiger partial charge in [-0.15, -0.1) is 11.3 Å². The molecular weight excluding hydrogens is 218 g/mol. The van der Waals surface area contributed by atoms with E-state index in [2.05, 4.69) is 26.0 Å². The summed E-state index contributed by atoms with van der Waals surface area (Å²) in [5.41, 5.74) is 1.08. The quantitative estimate of drug-likeness (QED) is 0.673. The largest absolute Gasteiger partial charge is 0.299 e. The van der Waals surface area contributed by atoms with Gasteiger partial charge in [0.25, 0.3) is 0 Å². The van der Waals surface area contributed by atoms with Crippen LogP contribution in [-0.4, -0.2) is 14.5 Å². The Morgan fingerprint density at radius 1 is 1.06 bits per heavy atom. The first kappa shape index (κ1) is 9.30. The van der Waals surface area contributed by atoms with Crippen LogP contribution in [0.3, 0.4) is 0 Å². The van der Waals surface area contributed by atoms with Crippen LogP contribution >= 0.6 is 11.3 Å². The smallest absolute Gasteiger partial charge is 0.154 e.